The van der Waals surface area contributed by atoms with Crippen molar-refractivity contribution in [3.63, 3.8) is 0 Å². The van der Waals surface area contributed by atoms with Gasteiger partial charge in [0.2, 0.25) is 0 Å². The predicted molar refractivity (Wildman–Crippen MR) is 52.2 cm³/mol. The van der Waals surface area contributed by atoms with Gasteiger partial charge in [-0.3, -0.25) is 0 Å². The molecule has 0 saturated carbocycles. The average molecular weight is 171 g/mol. The number of rotatable bonds is 3. The van der Waals surface area contributed by atoms with E-state index in [1.165, 1.54) is 32.6 Å². The normalized spacial score (nSPS) is 23.5. The molecule has 1 unspecified atom stereocenters. The summed E-state index contributed by atoms with van der Waals surface area (Å²) in [5, 5.41) is 3.39. The highest BCUT2D eigenvalue weighted by atomic mass is 15.1. The van der Waals surface area contributed by atoms with Crippen molar-refractivity contribution in [1.29, 1.82) is 0 Å². The molecule has 0 spiro atoms. The molecule has 1 heterocycles. The Morgan fingerprint density at radius 2 is 2.25 bits per heavy atom. The summed E-state index contributed by atoms with van der Waals surface area (Å²) in [6, 6.07) is 0.348. The van der Waals surface area contributed by atoms with Gasteiger partial charge < -0.3 is 16.0 Å². The maximum Gasteiger partial charge on any atom is 0.0107 e. The minimum Gasteiger partial charge on any atom is -0.328 e. The third-order valence-corrected chi connectivity index (χ3v) is 2.33. The first-order valence-corrected chi connectivity index (χ1v) is 4.97. The van der Waals surface area contributed by atoms with Crippen LogP contribution in [0.3, 0.4) is 0 Å². The summed E-state index contributed by atoms with van der Waals surface area (Å²) >= 11 is 0. The maximum atomic E-state index is 5.71. The van der Waals surface area contributed by atoms with Crippen molar-refractivity contribution < 1.29 is 0 Å². The van der Waals surface area contributed by atoms with Crippen LogP contribution >= 0.6 is 0 Å². The molecule has 1 rings (SSSR count). The van der Waals surface area contributed by atoms with Crippen LogP contribution in [0, 0.1) is 0 Å². The smallest absolute Gasteiger partial charge is 0.0107 e. The molecule has 0 aromatic carbocycles. The molecule has 3 N–H and O–H groups in total. The lowest BCUT2D eigenvalue weighted by Gasteiger charge is -2.20. The van der Waals surface area contributed by atoms with Gasteiger partial charge >= 0.3 is 0 Å². The van der Waals surface area contributed by atoms with Crippen LogP contribution in [-0.2, 0) is 0 Å². The molecular weight excluding hydrogens is 150 g/mol. The van der Waals surface area contributed by atoms with E-state index >= 15 is 0 Å². The first-order valence-electron chi connectivity index (χ1n) is 4.97. The number of nitrogens with one attached hydrogen (secondary N) is 1. The highest BCUT2D eigenvalue weighted by molar-refractivity contribution is 4.67. The monoisotopic (exact) mass is 171 g/mol. The third kappa shape index (κ3) is 4.04. The topological polar surface area (TPSA) is 41.3 Å². The first kappa shape index (κ1) is 9.96. The molecular formula is C9H21N3. The molecule has 0 aromatic rings. The van der Waals surface area contributed by atoms with Crippen LogP contribution in [-0.4, -0.2) is 43.7 Å². The second-order valence-electron chi connectivity index (χ2n) is 3.71. The summed E-state index contributed by atoms with van der Waals surface area (Å²) < 4.78 is 0. The first-order chi connectivity index (χ1) is 5.79. The van der Waals surface area contributed by atoms with Crippen LogP contribution in [0.15, 0.2) is 0 Å². The van der Waals surface area contributed by atoms with E-state index < -0.39 is 0 Å². The van der Waals surface area contributed by atoms with E-state index in [1.807, 2.05) is 0 Å². The standard InChI is InChI=1S/C9H21N3/c1-9(10)3-7-12-6-2-4-11-5-8-12/h9,11H,2-8,10H2,1H3. The van der Waals surface area contributed by atoms with Crippen LogP contribution in [0.5, 0.6) is 0 Å². The van der Waals surface area contributed by atoms with Gasteiger partial charge in [-0.05, 0) is 39.4 Å². The van der Waals surface area contributed by atoms with Gasteiger partial charge in [-0.15, -0.1) is 0 Å². The SMILES string of the molecule is CC(N)CCN1CCCNCC1. The lowest BCUT2D eigenvalue weighted by molar-refractivity contribution is 0.282. The van der Waals surface area contributed by atoms with Gasteiger partial charge in [-0.25, -0.2) is 0 Å². The summed E-state index contributed by atoms with van der Waals surface area (Å²) in [7, 11) is 0. The second kappa shape index (κ2) is 5.51. The molecule has 1 aliphatic heterocycles. The second-order valence-corrected chi connectivity index (χ2v) is 3.71. The summed E-state index contributed by atoms with van der Waals surface area (Å²) in [6.07, 6.45) is 2.40. The molecule has 1 aliphatic rings. The summed E-state index contributed by atoms with van der Waals surface area (Å²) in [5.41, 5.74) is 5.71. The highest BCUT2D eigenvalue weighted by Crippen LogP contribution is 1.97. The van der Waals surface area contributed by atoms with Crippen LogP contribution in [0.25, 0.3) is 0 Å². The molecule has 0 radical (unpaired) electrons. The van der Waals surface area contributed by atoms with Crippen LogP contribution in [0.1, 0.15) is 19.8 Å². The van der Waals surface area contributed by atoms with Gasteiger partial charge in [-0.2, -0.15) is 0 Å². The van der Waals surface area contributed by atoms with Crippen molar-refractivity contribution in [3.8, 4) is 0 Å². The molecule has 0 aliphatic carbocycles. The largest absolute Gasteiger partial charge is 0.328 e. The number of nitrogens with zero attached hydrogens (tertiary/aromatic N) is 1. The van der Waals surface area contributed by atoms with E-state index in [4.69, 9.17) is 5.73 Å². The number of hydrogen-bond acceptors (Lipinski definition) is 3. The quantitative estimate of drug-likeness (QED) is 0.629. The van der Waals surface area contributed by atoms with Gasteiger partial charge in [0.1, 0.15) is 0 Å². The molecule has 3 nitrogen and oxygen atoms in total. The Morgan fingerprint density at radius 3 is 3.00 bits per heavy atom. The van der Waals surface area contributed by atoms with E-state index in [2.05, 4.69) is 17.1 Å². The molecule has 1 saturated heterocycles. The van der Waals surface area contributed by atoms with E-state index in [0.717, 1.165) is 13.0 Å². The van der Waals surface area contributed by atoms with E-state index in [-0.39, 0.29) is 0 Å². The Bertz CT molecular complexity index is 106. The zero-order valence-corrected chi connectivity index (χ0v) is 8.05. The predicted octanol–water partition coefficient (Wildman–Crippen LogP) is 0.0190. The zero-order valence-electron chi connectivity index (χ0n) is 8.05. The van der Waals surface area contributed by atoms with Crippen molar-refractivity contribution in [1.82, 2.24) is 10.2 Å². The minimum atomic E-state index is 0.348. The number of nitrogens with two attached hydrogens (primary N) is 1. The maximum absolute atomic E-state index is 5.71. The van der Waals surface area contributed by atoms with Crippen molar-refractivity contribution in [2.75, 3.05) is 32.7 Å². The molecule has 3 heteroatoms. The molecule has 0 aromatic heterocycles. The lowest BCUT2D eigenvalue weighted by Crippen LogP contribution is -2.32. The Labute approximate surface area is 75.3 Å². The molecule has 1 atom stereocenters. The Balaban J connectivity index is 2.12. The van der Waals surface area contributed by atoms with Gasteiger partial charge in [0.15, 0.2) is 0 Å². The molecule has 1 fully saturated rings. The highest BCUT2D eigenvalue weighted by Gasteiger charge is 2.08. The number of hydrogen-bond donors (Lipinski definition) is 2. The van der Waals surface area contributed by atoms with E-state index in [0.29, 0.717) is 6.04 Å². The Kier molecular flexibility index (Phi) is 4.58. The molecule has 12 heavy (non-hydrogen) atoms. The van der Waals surface area contributed by atoms with E-state index in [1.54, 1.807) is 0 Å². The molecule has 0 bridgehead atoms. The van der Waals surface area contributed by atoms with Gasteiger partial charge in [0.25, 0.3) is 0 Å². The van der Waals surface area contributed by atoms with Crippen molar-refractivity contribution >= 4 is 0 Å². The van der Waals surface area contributed by atoms with Crippen molar-refractivity contribution in [2.45, 2.75) is 25.8 Å². The Hall–Kier alpha value is -0.120. The van der Waals surface area contributed by atoms with Crippen LogP contribution in [0.2, 0.25) is 0 Å². The summed E-state index contributed by atoms with van der Waals surface area (Å²) in [4.78, 5) is 2.50. The zero-order chi connectivity index (χ0) is 8.81. The third-order valence-electron chi connectivity index (χ3n) is 2.33. The fourth-order valence-electron chi connectivity index (χ4n) is 1.51. The Morgan fingerprint density at radius 1 is 1.42 bits per heavy atom. The molecule has 0 amide bonds. The van der Waals surface area contributed by atoms with E-state index in [9.17, 15) is 0 Å². The van der Waals surface area contributed by atoms with Crippen LogP contribution in [0.4, 0.5) is 0 Å². The minimum absolute atomic E-state index is 0.348. The fourth-order valence-corrected chi connectivity index (χ4v) is 1.51. The van der Waals surface area contributed by atoms with Crippen LogP contribution < -0.4 is 11.1 Å². The van der Waals surface area contributed by atoms with Crippen molar-refractivity contribution in [2.24, 2.45) is 5.73 Å². The van der Waals surface area contributed by atoms with Gasteiger partial charge in [-0.1, -0.05) is 0 Å². The summed E-state index contributed by atoms with van der Waals surface area (Å²) in [5.74, 6) is 0. The fraction of sp³-hybridized carbons (Fsp3) is 1.00. The lowest BCUT2D eigenvalue weighted by atomic mass is 10.2. The molecule has 72 valence electrons. The van der Waals surface area contributed by atoms with Gasteiger partial charge in [0, 0.05) is 19.1 Å². The van der Waals surface area contributed by atoms with Gasteiger partial charge in [0.05, 0.1) is 0 Å². The average Bonchev–Trinajstić information content (AvgIpc) is 2.28. The summed E-state index contributed by atoms with van der Waals surface area (Å²) in [6.45, 7) is 7.98. The van der Waals surface area contributed by atoms with Crippen molar-refractivity contribution in [3.05, 3.63) is 0 Å².